The van der Waals surface area contributed by atoms with Crippen molar-refractivity contribution in [1.82, 2.24) is 5.06 Å². The molecule has 0 radical (unpaired) electrons. The molecule has 21 heavy (non-hydrogen) atoms. The second-order valence-corrected chi connectivity index (χ2v) is 4.49. The van der Waals surface area contributed by atoms with Gasteiger partial charge < -0.3 is 13.9 Å². The maximum Gasteiger partial charge on any atom is 0.277 e. The molecule has 2 rings (SSSR count). The number of nitrogens with zero attached hydrogens (tertiary/aromatic N) is 1. The Bertz CT molecular complexity index is 607. The van der Waals surface area contributed by atoms with Crippen molar-refractivity contribution in [2.24, 2.45) is 0 Å². The van der Waals surface area contributed by atoms with Crippen molar-refractivity contribution in [2.45, 2.75) is 6.42 Å². The van der Waals surface area contributed by atoms with Crippen molar-refractivity contribution in [3.8, 4) is 5.75 Å². The molecule has 6 nitrogen and oxygen atoms in total. The van der Waals surface area contributed by atoms with Crippen molar-refractivity contribution < 1.29 is 23.5 Å². The van der Waals surface area contributed by atoms with E-state index < -0.39 is 0 Å². The van der Waals surface area contributed by atoms with Gasteiger partial charge in [-0.15, -0.1) is 0 Å². The second-order valence-electron chi connectivity index (χ2n) is 4.49. The average Bonchev–Trinajstić information content (AvgIpc) is 2.98. The highest BCUT2D eigenvalue weighted by Gasteiger charge is 2.16. The predicted octanol–water partition coefficient (Wildman–Crippen LogP) is 2.48. The summed E-state index contributed by atoms with van der Waals surface area (Å²) in [5.41, 5.74) is 1.05. The summed E-state index contributed by atoms with van der Waals surface area (Å²) >= 11 is 0. The smallest absolute Gasteiger partial charge is 0.277 e. The van der Waals surface area contributed by atoms with Crippen LogP contribution in [0.1, 0.15) is 16.8 Å². The number of amides is 1. The summed E-state index contributed by atoms with van der Waals surface area (Å²) in [4.78, 5) is 17.1. The number of hydrogen-bond donors (Lipinski definition) is 0. The first-order valence-electron chi connectivity index (χ1n) is 6.62. The van der Waals surface area contributed by atoms with Crippen LogP contribution in [0.4, 0.5) is 0 Å². The molecule has 0 fully saturated rings. The highest BCUT2D eigenvalue weighted by atomic mass is 16.7. The molecule has 1 amide bonds. The fourth-order valence-electron chi connectivity index (χ4n) is 1.93. The second kappa shape index (κ2) is 7.10. The number of ether oxygens (including phenoxy) is 2. The summed E-state index contributed by atoms with van der Waals surface area (Å²) in [5.74, 6) is 0.350. The summed E-state index contributed by atoms with van der Waals surface area (Å²) in [6.45, 7) is 1.13. The van der Waals surface area contributed by atoms with Gasteiger partial charge in [-0.3, -0.25) is 9.63 Å². The van der Waals surface area contributed by atoms with Crippen molar-refractivity contribution in [2.75, 3.05) is 34.5 Å². The number of hydrogen-bond acceptors (Lipinski definition) is 5. The lowest BCUT2D eigenvalue weighted by molar-refractivity contribution is -0.0757. The third kappa shape index (κ3) is 3.53. The van der Waals surface area contributed by atoms with Gasteiger partial charge in [0.25, 0.3) is 5.91 Å². The van der Waals surface area contributed by atoms with Crippen LogP contribution in [0.25, 0.3) is 11.0 Å². The maximum atomic E-state index is 12.2. The summed E-state index contributed by atoms with van der Waals surface area (Å²) < 4.78 is 16.1. The first-order chi connectivity index (χ1) is 10.2. The molecule has 114 valence electrons. The van der Waals surface area contributed by atoms with E-state index in [1.165, 1.54) is 7.11 Å². The van der Waals surface area contributed by atoms with Crippen LogP contribution in [-0.2, 0) is 9.57 Å². The molecule has 0 aliphatic rings. The lowest BCUT2D eigenvalue weighted by Crippen LogP contribution is -2.25. The molecular formula is C15H19NO5. The van der Waals surface area contributed by atoms with Crippen LogP contribution >= 0.6 is 0 Å². The Balaban J connectivity index is 2.25. The lowest BCUT2D eigenvalue weighted by atomic mass is 10.1. The standard InChI is InChI=1S/C15H19NO5/c1-16(19-3)15(17)11-9-13(20-7-4-6-18-2)12-5-8-21-14(12)10-11/h5,8-10H,4,6-7H2,1-3H3. The molecule has 6 heteroatoms. The molecule has 1 aromatic carbocycles. The Morgan fingerprint density at radius 1 is 1.29 bits per heavy atom. The van der Waals surface area contributed by atoms with Crippen LogP contribution < -0.4 is 4.74 Å². The van der Waals surface area contributed by atoms with Crippen LogP contribution in [0, 0.1) is 0 Å². The molecular weight excluding hydrogens is 274 g/mol. The van der Waals surface area contributed by atoms with Crippen LogP contribution in [-0.4, -0.2) is 45.5 Å². The fraction of sp³-hybridized carbons (Fsp3) is 0.400. The van der Waals surface area contributed by atoms with E-state index in [-0.39, 0.29) is 5.91 Å². The van der Waals surface area contributed by atoms with Crippen molar-refractivity contribution >= 4 is 16.9 Å². The van der Waals surface area contributed by atoms with E-state index in [9.17, 15) is 4.79 Å². The van der Waals surface area contributed by atoms with Gasteiger partial charge in [0.15, 0.2) is 0 Å². The number of benzene rings is 1. The van der Waals surface area contributed by atoms with Gasteiger partial charge in [-0.25, -0.2) is 5.06 Å². The fourth-order valence-corrected chi connectivity index (χ4v) is 1.93. The Labute approximate surface area is 123 Å². The SMILES string of the molecule is COCCCOc1cc(C(=O)N(C)OC)cc2occc12. The number of carbonyl (C=O) groups is 1. The molecule has 2 aromatic rings. The molecule has 0 aliphatic carbocycles. The van der Waals surface area contributed by atoms with E-state index in [1.807, 2.05) is 6.07 Å². The first-order valence-corrected chi connectivity index (χ1v) is 6.62. The maximum absolute atomic E-state index is 12.2. The summed E-state index contributed by atoms with van der Waals surface area (Å²) in [6, 6.07) is 5.19. The molecule has 0 unspecified atom stereocenters. The van der Waals surface area contributed by atoms with Gasteiger partial charge in [-0.1, -0.05) is 0 Å². The van der Waals surface area contributed by atoms with Crippen LogP contribution in [0.3, 0.4) is 0 Å². The third-order valence-corrected chi connectivity index (χ3v) is 3.09. The topological polar surface area (TPSA) is 61.1 Å². The minimum atomic E-state index is -0.266. The zero-order chi connectivity index (χ0) is 15.2. The van der Waals surface area contributed by atoms with Gasteiger partial charge in [0.05, 0.1) is 25.4 Å². The van der Waals surface area contributed by atoms with Crippen molar-refractivity contribution in [3.05, 3.63) is 30.0 Å². The normalized spacial score (nSPS) is 10.8. The van der Waals surface area contributed by atoms with E-state index in [2.05, 4.69) is 0 Å². The van der Waals surface area contributed by atoms with Gasteiger partial charge in [0, 0.05) is 32.7 Å². The minimum absolute atomic E-state index is 0.266. The van der Waals surface area contributed by atoms with Gasteiger partial charge in [-0.2, -0.15) is 0 Å². The van der Waals surface area contributed by atoms with E-state index in [0.29, 0.717) is 30.1 Å². The third-order valence-electron chi connectivity index (χ3n) is 3.09. The van der Waals surface area contributed by atoms with Crippen molar-refractivity contribution in [3.63, 3.8) is 0 Å². The van der Waals surface area contributed by atoms with E-state index in [1.54, 1.807) is 32.6 Å². The first kappa shape index (κ1) is 15.3. The average molecular weight is 293 g/mol. The highest BCUT2D eigenvalue weighted by molar-refractivity contribution is 5.99. The Morgan fingerprint density at radius 2 is 2.10 bits per heavy atom. The van der Waals surface area contributed by atoms with E-state index in [0.717, 1.165) is 16.9 Å². The molecule has 0 saturated carbocycles. The van der Waals surface area contributed by atoms with Gasteiger partial charge in [0.2, 0.25) is 0 Å². The quantitative estimate of drug-likeness (QED) is 0.580. The summed E-state index contributed by atoms with van der Waals surface area (Å²) in [5, 5.41) is 1.99. The zero-order valence-electron chi connectivity index (χ0n) is 12.4. The molecule has 0 aliphatic heterocycles. The number of methoxy groups -OCH3 is 1. The summed E-state index contributed by atoms with van der Waals surface area (Å²) in [7, 11) is 4.63. The molecule has 0 bridgehead atoms. The predicted molar refractivity (Wildman–Crippen MR) is 77.3 cm³/mol. The number of fused-ring (bicyclic) bond motifs is 1. The monoisotopic (exact) mass is 293 g/mol. The molecule has 1 heterocycles. The molecule has 1 aromatic heterocycles. The highest BCUT2D eigenvalue weighted by Crippen LogP contribution is 2.29. The van der Waals surface area contributed by atoms with Crippen LogP contribution in [0.5, 0.6) is 5.75 Å². The summed E-state index contributed by atoms with van der Waals surface area (Å²) in [6.07, 6.45) is 2.34. The number of hydroxylamine groups is 2. The Hall–Kier alpha value is -2.05. The molecule has 0 N–H and O–H groups in total. The number of rotatable bonds is 7. The minimum Gasteiger partial charge on any atom is -0.493 e. The van der Waals surface area contributed by atoms with Crippen molar-refractivity contribution in [1.29, 1.82) is 0 Å². The van der Waals surface area contributed by atoms with Crippen LogP contribution in [0.2, 0.25) is 0 Å². The Kier molecular flexibility index (Phi) is 5.19. The van der Waals surface area contributed by atoms with Gasteiger partial charge >= 0.3 is 0 Å². The van der Waals surface area contributed by atoms with Gasteiger partial charge in [0.1, 0.15) is 11.3 Å². The van der Waals surface area contributed by atoms with Gasteiger partial charge in [-0.05, 0) is 18.2 Å². The van der Waals surface area contributed by atoms with E-state index in [4.69, 9.17) is 18.7 Å². The van der Waals surface area contributed by atoms with Crippen LogP contribution in [0.15, 0.2) is 28.9 Å². The zero-order valence-corrected chi connectivity index (χ0v) is 12.4. The Morgan fingerprint density at radius 3 is 2.81 bits per heavy atom. The molecule has 0 saturated heterocycles. The van der Waals surface area contributed by atoms with E-state index >= 15 is 0 Å². The molecule has 0 spiro atoms. The number of carbonyl (C=O) groups excluding carboxylic acids is 1. The largest absolute Gasteiger partial charge is 0.493 e. The lowest BCUT2D eigenvalue weighted by Gasteiger charge is -2.14. The molecule has 0 atom stereocenters. The number of furan rings is 1.